The Morgan fingerprint density at radius 3 is 2.61 bits per heavy atom. The first-order chi connectivity index (χ1) is 17.6. The Kier molecular flexibility index (Phi) is 7.70. The SMILES string of the molecule is CN1CCNC(c2ccc(Nc3ccc(CN=Nc4ncc(F)c(N5CCOCC5)n4)nc3)cc2)C1. The number of likely N-dealkylation sites (N-methyl/N-ethyl adjacent to an activating group) is 1. The minimum absolute atomic E-state index is 0.120. The number of morpholine rings is 1. The number of benzene rings is 1. The van der Waals surface area contributed by atoms with Gasteiger partial charge in [-0.25, -0.2) is 9.37 Å². The van der Waals surface area contributed by atoms with E-state index >= 15 is 0 Å². The molecular weight excluding hydrogens is 461 g/mol. The van der Waals surface area contributed by atoms with Crippen molar-refractivity contribution in [3.8, 4) is 0 Å². The quantitative estimate of drug-likeness (QED) is 0.485. The van der Waals surface area contributed by atoms with Gasteiger partial charge < -0.3 is 25.2 Å². The van der Waals surface area contributed by atoms with E-state index in [1.807, 2.05) is 17.0 Å². The first kappa shape index (κ1) is 24.2. The topological polar surface area (TPSA) is 103 Å². The molecule has 2 aliphatic heterocycles. The predicted molar refractivity (Wildman–Crippen MR) is 135 cm³/mol. The normalized spacial score (nSPS) is 19.1. The van der Waals surface area contributed by atoms with E-state index in [1.54, 1.807) is 6.20 Å². The van der Waals surface area contributed by atoms with E-state index in [-0.39, 0.29) is 18.3 Å². The summed E-state index contributed by atoms with van der Waals surface area (Å²) >= 11 is 0. The lowest BCUT2D eigenvalue weighted by Crippen LogP contribution is -2.43. The highest BCUT2D eigenvalue weighted by molar-refractivity contribution is 5.59. The average molecular weight is 492 g/mol. The molecule has 5 rings (SSSR count). The van der Waals surface area contributed by atoms with Gasteiger partial charge in [-0.05, 0) is 36.9 Å². The van der Waals surface area contributed by atoms with Crippen molar-refractivity contribution in [2.75, 3.05) is 63.2 Å². The van der Waals surface area contributed by atoms with Crippen LogP contribution < -0.4 is 15.5 Å². The number of ether oxygens (including phenoxy) is 1. The number of anilines is 3. The van der Waals surface area contributed by atoms with Gasteiger partial charge in [-0.2, -0.15) is 10.1 Å². The summed E-state index contributed by atoms with van der Waals surface area (Å²) in [6.07, 6.45) is 2.89. The number of hydrogen-bond acceptors (Lipinski definition) is 10. The van der Waals surface area contributed by atoms with Crippen LogP contribution in [0.1, 0.15) is 17.3 Å². The Hall–Kier alpha value is -3.54. The van der Waals surface area contributed by atoms with Gasteiger partial charge in [0.15, 0.2) is 11.6 Å². The molecule has 0 bridgehead atoms. The maximum atomic E-state index is 14.2. The largest absolute Gasteiger partial charge is 0.378 e. The number of azo groups is 1. The third-order valence-electron chi connectivity index (χ3n) is 6.22. The van der Waals surface area contributed by atoms with Crippen molar-refractivity contribution in [2.45, 2.75) is 12.6 Å². The molecule has 1 atom stereocenters. The van der Waals surface area contributed by atoms with Crippen molar-refractivity contribution >= 4 is 23.1 Å². The summed E-state index contributed by atoms with van der Waals surface area (Å²) in [6, 6.07) is 12.7. The van der Waals surface area contributed by atoms with E-state index in [9.17, 15) is 4.39 Å². The summed E-state index contributed by atoms with van der Waals surface area (Å²) in [7, 11) is 2.15. The van der Waals surface area contributed by atoms with Crippen LogP contribution in [-0.4, -0.2) is 72.8 Å². The number of pyridine rings is 1. The second kappa shape index (κ2) is 11.5. The van der Waals surface area contributed by atoms with Gasteiger partial charge in [0.25, 0.3) is 5.95 Å². The molecule has 0 amide bonds. The van der Waals surface area contributed by atoms with Crippen molar-refractivity contribution in [3.05, 3.63) is 65.9 Å². The molecule has 188 valence electrons. The number of aromatic nitrogens is 3. The fourth-order valence-corrected chi connectivity index (χ4v) is 4.24. The molecule has 2 aromatic heterocycles. The summed E-state index contributed by atoms with van der Waals surface area (Å²) in [6.45, 7) is 5.60. The third kappa shape index (κ3) is 6.17. The Balaban J connectivity index is 1.15. The number of halogens is 1. The average Bonchev–Trinajstić information content (AvgIpc) is 2.91. The van der Waals surface area contributed by atoms with Crippen molar-refractivity contribution in [1.82, 2.24) is 25.2 Å². The summed E-state index contributed by atoms with van der Waals surface area (Å²) in [5, 5.41) is 15.1. The zero-order valence-corrected chi connectivity index (χ0v) is 20.3. The Morgan fingerprint density at radius 1 is 1.06 bits per heavy atom. The van der Waals surface area contributed by atoms with Crippen LogP contribution in [0, 0.1) is 5.82 Å². The lowest BCUT2D eigenvalue weighted by molar-refractivity contribution is 0.122. The molecule has 10 nitrogen and oxygen atoms in total. The van der Waals surface area contributed by atoms with Crippen LogP contribution in [0.15, 0.2) is 59.0 Å². The molecule has 11 heteroatoms. The lowest BCUT2D eigenvalue weighted by atomic mass is 10.0. The van der Waals surface area contributed by atoms with Crippen LogP contribution in [0.5, 0.6) is 0 Å². The van der Waals surface area contributed by atoms with Crippen molar-refractivity contribution < 1.29 is 9.13 Å². The van der Waals surface area contributed by atoms with Crippen LogP contribution in [-0.2, 0) is 11.3 Å². The van der Waals surface area contributed by atoms with Gasteiger partial charge in [0.05, 0.1) is 37.0 Å². The van der Waals surface area contributed by atoms with Crippen LogP contribution in [0.4, 0.5) is 27.5 Å². The monoisotopic (exact) mass is 491 g/mol. The fourth-order valence-electron chi connectivity index (χ4n) is 4.24. The van der Waals surface area contributed by atoms with E-state index in [0.29, 0.717) is 32.3 Å². The number of piperazine rings is 1. The standard InChI is InChI=1S/C25H30FN9O/c1-34-9-8-27-23(17-34)18-2-4-19(5-3-18)31-21-7-6-20(28-14-21)15-30-33-25-29-16-22(26)24(32-25)35-10-12-36-13-11-35/h2-7,14,16,23,27,31H,8-13,15,17H2,1H3. The van der Waals surface area contributed by atoms with Crippen LogP contribution in [0.3, 0.4) is 0 Å². The van der Waals surface area contributed by atoms with Gasteiger partial charge in [0.2, 0.25) is 0 Å². The Bertz CT molecular complexity index is 1170. The van der Waals surface area contributed by atoms with Crippen LogP contribution in [0.2, 0.25) is 0 Å². The second-order valence-corrected chi connectivity index (χ2v) is 8.89. The highest BCUT2D eigenvalue weighted by Crippen LogP contribution is 2.22. The summed E-state index contributed by atoms with van der Waals surface area (Å²) in [4.78, 5) is 16.8. The molecule has 2 fully saturated rings. The summed E-state index contributed by atoms with van der Waals surface area (Å²) in [5.74, 6) is -0.130. The first-order valence-electron chi connectivity index (χ1n) is 12.1. The first-order valence-corrected chi connectivity index (χ1v) is 12.1. The minimum atomic E-state index is -0.478. The maximum absolute atomic E-state index is 14.2. The molecule has 3 aromatic rings. The summed E-state index contributed by atoms with van der Waals surface area (Å²) in [5.41, 5.74) is 3.92. The number of hydrogen-bond donors (Lipinski definition) is 2. The fraction of sp³-hybridized carbons (Fsp3) is 0.400. The zero-order valence-electron chi connectivity index (χ0n) is 20.3. The molecule has 36 heavy (non-hydrogen) atoms. The van der Waals surface area contributed by atoms with Crippen molar-refractivity contribution in [2.24, 2.45) is 10.2 Å². The molecule has 0 saturated carbocycles. The number of rotatable bonds is 7. The summed E-state index contributed by atoms with van der Waals surface area (Å²) < 4.78 is 19.5. The van der Waals surface area contributed by atoms with Gasteiger partial charge >= 0.3 is 0 Å². The molecule has 4 heterocycles. The molecule has 2 N–H and O–H groups in total. The van der Waals surface area contributed by atoms with Gasteiger partial charge in [-0.3, -0.25) is 4.98 Å². The third-order valence-corrected chi connectivity index (χ3v) is 6.22. The predicted octanol–water partition coefficient (Wildman–Crippen LogP) is 3.45. The molecule has 0 aliphatic carbocycles. The molecule has 2 aliphatic rings. The molecule has 2 saturated heterocycles. The van der Waals surface area contributed by atoms with E-state index in [0.717, 1.165) is 42.9 Å². The highest BCUT2D eigenvalue weighted by atomic mass is 19.1. The highest BCUT2D eigenvalue weighted by Gasteiger charge is 2.19. The molecule has 0 radical (unpaired) electrons. The molecule has 1 unspecified atom stereocenters. The lowest BCUT2D eigenvalue weighted by Gasteiger charge is -2.31. The van der Waals surface area contributed by atoms with Gasteiger partial charge in [0, 0.05) is 44.5 Å². The zero-order chi connectivity index (χ0) is 24.7. The van der Waals surface area contributed by atoms with E-state index in [1.165, 1.54) is 5.56 Å². The van der Waals surface area contributed by atoms with Gasteiger partial charge in [0.1, 0.15) is 6.54 Å². The Morgan fingerprint density at radius 2 is 1.86 bits per heavy atom. The van der Waals surface area contributed by atoms with E-state index < -0.39 is 5.82 Å². The van der Waals surface area contributed by atoms with Crippen LogP contribution >= 0.6 is 0 Å². The molecule has 1 aromatic carbocycles. The maximum Gasteiger partial charge on any atom is 0.270 e. The number of nitrogens with one attached hydrogen (secondary N) is 2. The molecule has 0 spiro atoms. The minimum Gasteiger partial charge on any atom is -0.378 e. The van der Waals surface area contributed by atoms with Crippen molar-refractivity contribution in [3.63, 3.8) is 0 Å². The molecular formula is C25H30FN9O. The van der Waals surface area contributed by atoms with Gasteiger partial charge in [-0.15, -0.1) is 5.11 Å². The van der Waals surface area contributed by atoms with E-state index in [4.69, 9.17) is 4.74 Å². The van der Waals surface area contributed by atoms with Gasteiger partial charge in [-0.1, -0.05) is 12.1 Å². The van der Waals surface area contributed by atoms with Crippen molar-refractivity contribution in [1.29, 1.82) is 0 Å². The second-order valence-electron chi connectivity index (χ2n) is 8.89. The Labute approximate surface area is 209 Å². The van der Waals surface area contributed by atoms with E-state index in [2.05, 4.69) is 72.0 Å². The smallest absolute Gasteiger partial charge is 0.270 e. The van der Waals surface area contributed by atoms with Crippen LogP contribution in [0.25, 0.3) is 0 Å². The number of nitrogens with zero attached hydrogens (tertiary/aromatic N) is 7.